The summed E-state index contributed by atoms with van der Waals surface area (Å²) in [5.41, 5.74) is 0. The summed E-state index contributed by atoms with van der Waals surface area (Å²) in [6.07, 6.45) is 68.8. The third kappa shape index (κ3) is 51.5. The van der Waals surface area contributed by atoms with Crippen molar-refractivity contribution < 1.29 is 24.5 Å². The van der Waals surface area contributed by atoms with Crippen LogP contribution >= 0.6 is 0 Å². The van der Waals surface area contributed by atoms with E-state index in [-0.39, 0.29) is 18.5 Å². The maximum absolute atomic E-state index is 12.4. The molecule has 2 unspecified atom stereocenters. The van der Waals surface area contributed by atoms with Gasteiger partial charge in [0.05, 0.1) is 25.4 Å². The van der Waals surface area contributed by atoms with Crippen LogP contribution in [0.1, 0.15) is 309 Å². The number of aliphatic hydroxyl groups excluding tert-OH is 2. The van der Waals surface area contributed by atoms with E-state index in [1.54, 1.807) is 6.08 Å². The average Bonchev–Trinajstić information content (AvgIpc) is 3.32. The van der Waals surface area contributed by atoms with Crippen molar-refractivity contribution in [3.63, 3.8) is 0 Å². The maximum atomic E-state index is 12.4. The molecule has 3 N–H and O–H groups in total. The predicted octanol–water partition coefficient (Wildman–Crippen LogP) is 18.0. The first-order chi connectivity index (χ1) is 32.5. The van der Waals surface area contributed by atoms with Crippen molar-refractivity contribution in [2.24, 2.45) is 0 Å². The molecule has 0 fully saturated rings. The van der Waals surface area contributed by atoms with Crippen LogP contribution in [0.15, 0.2) is 36.5 Å². The number of hydrogen-bond acceptors (Lipinski definition) is 5. The number of carbonyl (C=O) groups is 2. The number of hydrogen-bond donors (Lipinski definition) is 3. The summed E-state index contributed by atoms with van der Waals surface area (Å²) in [6, 6.07) is -0.635. The van der Waals surface area contributed by atoms with Gasteiger partial charge in [0.1, 0.15) is 0 Å². The molecule has 0 heterocycles. The smallest absolute Gasteiger partial charge is 0.305 e. The quantitative estimate of drug-likeness (QED) is 0.0244. The van der Waals surface area contributed by atoms with E-state index in [0.717, 1.165) is 77.0 Å². The molecule has 0 saturated carbocycles. The first-order valence-corrected chi connectivity index (χ1v) is 29.3. The highest BCUT2D eigenvalue weighted by Crippen LogP contribution is 2.17. The molecule has 6 nitrogen and oxygen atoms in total. The van der Waals surface area contributed by atoms with Crippen LogP contribution in [0.25, 0.3) is 0 Å². The lowest BCUT2D eigenvalue weighted by Gasteiger charge is -2.20. The summed E-state index contributed by atoms with van der Waals surface area (Å²) in [7, 11) is 0. The standard InChI is InChI=1S/C60H113NO5/c1-3-5-7-9-11-13-15-17-18-22-26-30-34-38-42-46-50-54-60(65)66-55-51-47-43-39-35-31-27-24-21-19-20-23-25-29-33-37-41-45-49-53-59(64)61-57(56-62)58(63)52-48-44-40-36-32-28-16-14-12-10-8-6-4-2/h24,27,31,35,48,52,57-58,62-63H,3-23,25-26,28-30,32-34,36-47,49-51,53-56H2,1-2H3,(H,61,64)/b27-24-,35-31-,52-48+. The molecule has 388 valence electrons. The summed E-state index contributed by atoms with van der Waals surface area (Å²) < 4.78 is 5.46. The SMILES string of the molecule is CCCCCCCCCCCCC/C=C/C(O)C(CO)NC(=O)CCCCCCCCCCCC/C=C\C=C/CCCCCOC(=O)CCCCCCCCCCCCCCCCCCC. The minimum atomic E-state index is -0.850. The van der Waals surface area contributed by atoms with Crippen molar-refractivity contribution >= 4 is 11.9 Å². The van der Waals surface area contributed by atoms with Crippen LogP contribution in [0.3, 0.4) is 0 Å². The van der Waals surface area contributed by atoms with Gasteiger partial charge in [-0.2, -0.15) is 0 Å². The molecule has 2 atom stereocenters. The zero-order valence-corrected chi connectivity index (χ0v) is 44.2. The number of allylic oxidation sites excluding steroid dienone is 5. The first-order valence-electron chi connectivity index (χ1n) is 29.3. The predicted molar refractivity (Wildman–Crippen MR) is 287 cm³/mol. The lowest BCUT2D eigenvalue weighted by atomic mass is 10.0. The van der Waals surface area contributed by atoms with Crippen molar-refractivity contribution in [2.75, 3.05) is 13.2 Å². The van der Waals surface area contributed by atoms with Gasteiger partial charge in [-0.25, -0.2) is 0 Å². The topological polar surface area (TPSA) is 95.9 Å². The van der Waals surface area contributed by atoms with Gasteiger partial charge < -0.3 is 20.3 Å². The number of unbranched alkanes of at least 4 members (excludes halogenated alkanes) is 40. The highest BCUT2D eigenvalue weighted by Gasteiger charge is 2.18. The largest absolute Gasteiger partial charge is 0.466 e. The number of esters is 1. The second kappa shape index (κ2) is 55.7. The molecule has 0 radical (unpaired) electrons. The Hall–Kier alpha value is -1.92. The third-order valence-electron chi connectivity index (χ3n) is 13.4. The van der Waals surface area contributed by atoms with E-state index in [9.17, 15) is 19.8 Å². The summed E-state index contributed by atoms with van der Waals surface area (Å²) >= 11 is 0. The molecular weight excluding hydrogens is 815 g/mol. The van der Waals surface area contributed by atoms with E-state index >= 15 is 0 Å². The Morgan fingerprint density at radius 2 is 0.742 bits per heavy atom. The molecule has 1 amide bonds. The van der Waals surface area contributed by atoms with Crippen molar-refractivity contribution in [1.82, 2.24) is 5.32 Å². The molecule has 0 aliphatic carbocycles. The van der Waals surface area contributed by atoms with Crippen LogP contribution in [-0.4, -0.2) is 47.4 Å². The molecule has 6 heteroatoms. The van der Waals surface area contributed by atoms with Gasteiger partial charge in [0.25, 0.3) is 0 Å². The maximum Gasteiger partial charge on any atom is 0.305 e. The fourth-order valence-electron chi connectivity index (χ4n) is 8.92. The molecule has 0 rings (SSSR count). The summed E-state index contributed by atoms with van der Waals surface area (Å²) in [4.78, 5) is 24.5. The monoisotopic (exact) mass is 928 g/mol. The van der Waals surface area contributed by atoms with E-state index < -0.39 is 12.1 Å². The second-order valence-corrected chi connectivity index (χ2v) is 20.0. The Kier molecular flexibility index (Phi) is 54.1. The van der Waals surface area contributed by atoms with Gasteiger partial charge in [-0.1, -0.05) is 269 Å². The van der Waals surface area contributed by atoms with Crippen molar-refractivity contribution in [2.45, 2.75) is 321 Å². The van der Waals surface area contributed by atoms with Crippen LogP contribution in [0.2, 0.25) is 0 Å². The van der Waals surface area contributed by atoms with Gasteiger partial charge in [0, 0.05) is 12.8 Å². The molecule has 0 aliphatic rings. The van der Waals surface area contributed by atoms with Gasteiger partial charge in [-0.3, -0.25) is 9.59 Å². The minimum absolute atomic E-state index is 0.0104. The molecule has 0 saturated heterocycles. The Bertz CT molecular complexity index is 1070. The van der Waals surface area contributed by atoms with Crippen LogP contribution in [0.5, 0.6) is 0 Å². The molecular formula is C60H113NO5. The summed E-state index contributed by atoms with van der Waals surface area (Å²) in [5, 5.41) is 23.0. The van der Waals surface area contributed by atoms with Crippen molar-refractivity contribution in [1.29, 1.82) is 0 Å². The van der Waals surface area contributed by atoms with E-state index in [4.69, 9.17) is 4.74 Å². The molecule has 0 aliphatic heterocycles. The van der Waals surface area contributed by atoms with E-state index in [2.05, 4.69) is 43.5 Å². The fraction of sp³-hybridized carbons (Fsp3) is 0.867. The second-order valence-electron chi connectivity index (χ2n) is 20.0. The highest BCUT2D eigenvalue weighted by atomic mass is 16.5. The lowest BCUT2D eigenvalue weighted by molar-refractivity contribution is -0.143. The summed E-state index contributed by atoms with van der Waals surface area (Å²) in [6.45, 7) is 4.87. The Balaban J connectivity index is 3.48. The van der Waals surface area contributed by atoms with Gasteiger partial charge in [0.15, 0.2) is 0 Å². The number of ether oxygens (including phenoxy) is 1. The Labute approximate surface area is 411 Å². The zero-order valence-electron chi connectivity index (χ0n) is 44.2. The van der Waals surface area contributed by atoms with E-state index in [1.165, 1.54) is 205 Å². The minimum Gasteiger partial charge on any atom is -0.466 e. The Morgan fingerprint density at radius 1 is 0.424 bits per heavy atom. The van der Waals surface area contributed by atoms with Crippen LogP contribution < -0.4 is 5.32 Å². The molecule has 0 bridgehead atoms. The third-order valence-corrected chi connectivity index (χ3v) is 13.4. The molecule has 0 aromatic rings. The van der Waals surface area contributed by atoms with E-state index in [1.807, 2.05) is 6.08 Å². The molecule has 0 aromatic heterocycles. The Morgan fingerprint density at radius 3 is 1.12 bits per heavy atom. The number of nitrogens with one attached hydrogen (secondary N) is 1. The van der Waals surface area contributed by atoms with Gasteiger partial charge in [-0.15, -0.1) is 0 Å². The molecule has 0 spiro atoms. The first kappa shape index (κ1) is 64.1. The lowest BCUT2D eigenvalue weighted by Crippen LogP contribution is -2.45. The zero-order chi connectivity index (χ0) is 47.9. The number of carbonyl (C=O) groups excluding carboxylic acids is 2. The number of aliphatic hydroxyl groups is 2. The fourth-order valence-corrected chi connectivity index (χ4v) is 8.92. The average molecular weight is 929 g/mol. The molecule has 0 aromatic carbocycles. The van der Waals surface area contributed by atoms with Gasteiger partial charge in [0.2, 0.25) is 5.91 Å². The number of amides is 1. The van der Waals surface area contributed by atoms with Gasteiger partial charge >= 0.3 is 5.97 Å². The van der Waals surface area contributed by atoms with E-state index in [0.29, 0.717) is 19.4 Å². The van der Waals surface area contributed by atoms with Crippen molar-refractivity contribution in [3.05, 3.63) is 36.5 Å². The number of rotatable bonds is 54. The molecule has 66 heavy (non-hydrogen) atoms. The summed E-state index contributed by atoms with van der Waals surface area (Å²) in [5.74, 6) is -0.0884. The highest BCUT2D eigenvalue weighted by molar-refractivity contribution is 5.76. The van der Waals surface area contributed by atoms with Crippen LogP contribution in [0, 0.1) is 0 Å². The van der Waals surface area contributed by atoms with Crippen LogP contribution in [0.4, 0.5) is 0 Å². The normalized spacial score (nSPS) is 12.8. The van der Waals surface area contributed by atoms with Crippen LogP contribution in [-0.2, 0) is 14.3 Å². The van der Waals surface area contributed by atoms with Gasteiger partial charge in [-0.05, 0) is 64.2 Å². The van der Waals surface area contributed by atoms with Crippen molar-refractivity contribution in [3.8, 4) is 0 Å².